The van der Waals surface area contributed by atoms with E-state index in [0.717, 1.165) is 0 Å². The van der Waals surface area contributed by atoms with E-state index in [1.165, 1.54) is 9.36 Å². The number of para-hydroxylation sites is 2. The van der Waals surface area contributed by atoms with Gasteiger partial charge in [-0.3, -0.25) is 0 Å². The van der Waals surface area contributed by atoms with Crippen molar-refractivity contribution in [2.45, 2.75) is 5.60 Å². The summed E-state index contributed by atoms with van der Waals surface area (Å²) in [5.74, 6) is 0. The number of nitrogens with zero attached hydrogens (tertiary/aromatic N) is 6. The minimum absolute atomic E-state index is 0.104. The van der Waals surface area contributed by atoms with Crippen LogP contribution in [-0.4, -0.2) is 35.1 Å². The highest BCUT2D eigenvalue weighted by atomic mass is 35.5. The summed E-state index contributed by atoms with van der Waals surface area (Å²) < 4.78 is 2.63. The fourth-order valence-corrected chi connectivity index (χ4v) is 4.68. The first-order valence-corrected chi connectivity index (χ1v) is 11.4. The number of benzene rings is 3. The van der Waals surface area contributed by atoms with E-state index in [4.69, 9.17) is 46.4 Å². The Labute approximate surface area is 213 Å². The summed E-state index contributed by atoms with van der Waals surface area (Å²) in [4.78, 5) is 0. The quantitative estimate of drug-likeness (QED) is 0.302. The molecule has 11 heteroatoms. The maximum Gasteiger partial charge on any atom is 0.167 e. The van der Waals surface area contributed by atoms with Gasteiger partial charge in [0.2, 0.25) is 0 Å². The molecular formula is C23H14Cl4N6O. The highest BCUT2D eigenvalue weighted by Gasteiger charge is 2.42. The molecule has 5 aromatic rings. The van der Waals surface area contributed by atoms with E-state index in [2.05, 4.69) is 20.6 Å². The molecule has 0 saturated heterocycles. The fraction of sp³-hybridized carbons (Fsp3) is 0.0435. The van der Waals surface area contributed by atoms with Crippen LogP contribution in [0.1, 0.15) is 5.56 Å². The fourth-order valence-electron chi connectivity index (χ4n) is 3.54. The molecule has 0 saturated carbocycles. The Kier molecular flexibility index (Phi) is 6.06. The van der Waals surface area contributed by atoms with E-state index < -0.39 is 5.60 Å². The highest BCUT2D eigenvalue weighted by molar-refractivity contribution is 6.55. The molecule has 0 aliphatic rings. The standard InChI is InChI=1S/C23H14Cl4N6O/c24-19(21(26)32-17-12-6-4-10-15(17)28-30-32)23(34,14-8-2-1-3-9-14)20(25)22(27)33-18-13-7-5-11-16(18)29-31-33/h1-13,34H/b21-19-,22-20-. The molecule has 0 fully saturated rings. The van der Waals surface area contributed by atoms with E-state index in [9.17, 15) is 5.11 Å². The summed E-state index contributed by atoms with van der Waals surface area (Å²) in [7, 11) is 0. The molecule has 34 heavy (non-hydrogen) atoms. The number of hydrogen-bond donors (Lipinski definition) is 1. The Morgan fingerprint density at radius 2 is 1.03 bits per heavy atom. The molecule has 170 valence electrons. The summed E-state index contributed by atoms with van der Waals surface area (Å²) in [6, 6.07) is 22.9. The second kappa shape index (κ2) is 9.02. The van der Waals surface area contributed by atoms with Crippen molar-refractivity contribution in [3.05, 3.63) is 94.5 Å². The van der Waals surface area contributed by atoms with Gasteiger partial charge in [0.25, 0.3) is 0 Å². The summed E-state index contributed by atoms with van der Waals surface area (Å²) >= 11 is 26.9. The molecule has 0 unspecified atom stereocenters. The summed E-state index contributed by atoms with van der Waals surface area (Å²) in [6.45, 7) is 0. The van der Waals surface area contributed by atoms with Crippen LogP contribution in [0.3, 0.4) is 0 Å². The van der Waals surface area contributed by atoms with E-state index in [-0.39, 0.29) is 20.4 Å². The van der Waals surface area contributed by atoms with E-state index >= 15 is 0 Å². The lowest BCUT2D eigenvalue weighted by Gasteiger charge is -2.29. The summed E-state index contributed by atoms with van der Waals surface area (Å²) in [6.07, 6.45) is 0. The second-order valence-corrected chi connectivity index (χ2v) is 8.74. The predicted octanol–water partition coefficient (Wildman–Crippen LogP) is 5.97. The van der Waals surface area contributed by atoms with Crippen LogP contribution >= 0.6 is 46.4 Å². The minimum atomic E-state index is -2.14. The van der Waals surface area contributed by atoms with E-state index in [0.29, 0.717) is 27.6 Å². The Balaban J connectivity index is 1.75. The van der Waals surface area contributed by atoms with Gasteiger partial charge in [-0.05, 0) is 29.8 Å². The third-order valence-electron chi connectivity index (χ3n) is 5.26. The molecular weight excluding hydrogens is 518 g/mol. The van der Waals surface area contributed by atoms with Crippen molar-refractivity contribution in [1.82, 2.24) is 30.0 Å². The van der Waals surface area contributed by atoms with Crippen molar-refractivity contribution >= 4 is 78.8 Å². The minimum Gasteiger partial charge on any atom is -0.374 e. The van der Waals surface area contributed by atoms with Crippen LogP contribution in [-0.2, 0) is 5.60 Å². The van der Waals surface area contributed by atoms with Gasteiger partial charge >= 0.3 is 0 Å². The zero-order valence-corrected chi connectivity index (χ0v) is 20.2. The smallest absolute Gasteiger partial charge is 0.167 e. The zero-order valence-electron chi connectivity index (χ0n) is 17.1. The lowest BCUT2D eigenvalue weighted by molar-refractivity contribution is 0.134. The van der Waals surface area contributed by atoms with Gasteiger partial charge in [0.15, 0.2) is 15.9 Å². The molecule has 0 aliphatic carbocycles. The maximum atomic E-state index is 12.0. The van der Waals surface area contributed by atoms with E-state index in [1.807, 2.05) is 24.3 Å². The number of aliphatic hydroxyl groups is 1. The third kappa shape index (κ3) is 3.66. The molecule has 0 amide bonds. The van der Waals surface area contributed by atoms with Gasteiger partial charge in [-0.2, -0.15) is 0 Å². The van der Waals surface area contributed by atoms with Gasteiger partial charge in [-0.25, -0.2) is 9.36 Å². The van der Waals surface area contributed by atoms with Gasteiger partial charge in [0.05, 0.1) is 21.1 Å². The van der Waals surface area contributed by atoms with Crippen LogP contribution in [0.15, 0.2) is 88.9 Å². The SMILES string of the molecule is OC(/C(Cl)=C(\Cl)n1nnc2ccccc21)(/C(Cl)=C(\Cl)n1nnc2ccccc21)c1ccccc1. The van der Waals surface area contributed by atoms with Crippen LogP contribution in [0, 0.1) is 0 Å². The molecule has 3 aromatic carbocycles. The predicted molar refractivity (Wildman–Crippen MR) is 135 cm³/mol. The van der Waals surface area contributed by atoms with Crippen LogP contribution in [0.25, 0.3) is 32.4 Å². The van der Waals surface area contributed by atoms with E-state index in [1.54, 1.807) is 54.6 Å². The van der Waals surface area contributed by atoms with Crippen molar-refractivity contribution in [2.75, 3.05) is 0 Å². The lowest BCUT2D eigenvalue weighted by atomic mass is 9.92. The van der Waals surface area contributed by atoms with Crippen LogP contribution < -0.4 is 0 Å². The number of aromatic nitrogens is 6. The van der Waals surface area contributed by atoms with Crippen molar-refractivity contribution in [3.63, 3.8) is 0 Å². The molecule has 0 aliphatic heterocycles. The Bertz CT molecular complexity index is 1480. The molecule has 7 nitrogen and oxygen atoms in total. The average Bonchev–Trinajstić information content (AvgIpc) is 3.51. The van der Waals surface area contributed by atoms with Crippen molar-refractivity contribution in [2.24, 2.45) is 0 Å². The average molecular weight is 532 g/mol. The maximum absolute atomic E-state index is 12.0. The van der Waals surface area contributed by atoms with Gasteiger partial charge in [0, 0.05) is 0 Å². The Morgan fingerprint density at radius 1 is 0.618 bits per heavy atom. The first-order chi connectivity index (χ1) is 16.4. The van der Waals surface area contributed by atoms with Crippen LogP contribution in [0.5, 0.6) is 0 Å². The molecule has 0 spiro atoms. The van der Waals surface area contributed by atoms with Gasteiger partial charge in [0.1, 0.15) is 11.0 Å². The largest absolute Gasteiger partial charge is 0.374 e. The first kappa shape index (κ1) is 22.8. The lowest BCUT2D eigenvalue weighted by Crippen LogP contribution is -2.29. The molecule has 0 bridgehead atoms. The first-order valence-electron chi connectivity index (χ1n) is 9.94. The topological polar surface area (TPSA) is 81.6 Å². The monoisotopic (exact) mass is 530 g/mol. The highest BCUT2D eigenvalue weighted by Crippen LogP contribution is 2.47. The number of halogens is 4. The molecule has 0 atom stereocenters. The molecule has 2 heterocycles. The number of hydrogen-bond acceptors (Lipinski definition) is 5. The van der Waals surface area contributed by atoms with Gasteiger partial charge in [-0.1, -0.05) is 111 Å². The number of rotatable bonds is 5. The number of fused-ring (bicyclic) bond motifs is 2. The zero-order chi connectivity index (χ0) is 23.9. The van der Waals surface area contributed by atoms with Crippen LogP contribution in [0.2, 0.25) is 0 Å². The Morgan fingerprint density at radius 3 is 1.50 bits per heavy atom. The van der Waals surface area contributed by atoms with Crippen molar-refractivity contribution in [1.29, 1.82) is 0 Å². The normalized spacial score (nSPS) is 13.8. The van der Waals surface area contributed by atoms with Gasteiger partial charge < -0.3 is 5.11 Å². The second-order valence-electron chi connectivity index (χ2n) is 7.27. The molecule has 0 radical (unpaired) electrons. The third-order valence-corrected chi connectivity index (χ3v) is 7.06. The Hall–Kier alpha value is -2.94. The molecule has 5 rings (SSSR count). The summed E-state index contributed by atoms with van der Waals surface area (Å²) in [5, 5.41) is 27.7. The molecule has 2 aromatic heterocycles. The van der Waals surface area contributed by atoms with Crippen LogP contribution in [0.4, 0.5) is 0 Å². The van der Waals surface area contributed by atoms with Crippen molar-refractivity contribution < 1.29 is 5.11 Å². The molecule has 1 N–H and O–H groups in total. The van der Waals surface area contributed by atoms with Gasteiger partial charge in [-0.15, -0.1) is 10.2 Å². The summed E-state index contributed by atoms with van der Waals surface area (Å²) in [5.41, 5.74) is 0.571. The van der Waals surface area contributed by atoms with Crippen molar-refractivity contribution in [3.8, 4) is 0 Å².